The van der Waals surface area contributed by atoms with Crippen molar-refractivity contribution in [2.45, 2.75) is 5.92 Å². The van der Waals surface area contributed by atoms with E-state index in [-0.39, 0.29) is 0 Å². The van der Waals surface area contributed by atoms with Gasteiger partial charge in [-0.05, 0) is 17.2 Å². The third-order valence-electron chi connectivity index (χ3n) is 2.60. The molecule has 1 atom stereocenters. The molecule has 2 aromatic carbocycles. The van der Waals surface area contributed by atoms with E-state index >= 15 is 0 Å². The standard InChI is InChI=1S/C14H11ClO2/c15-12-9-5-4-8-11(12)13(14(16)17)10-6-2-1-3-7-10/h1-9,13H,(H,16,17). The molecule has 0 aliphatic rings. The minimum absolute atomic E-state index is 0.476. The highest BCUT2D eigenvalue weighted by atomic mass is 35.5. The quantitative estimate of drug-likeness (QED) is 0.899. The predicted molar refractivity (Wildman–Crippen MR) is 67.4 cm³/mol. The van der Waals surface area contributed by atoms with Crippen LogP contribution in [0.5, 0.6) is 0 Å². The minimum atomic E-state index is -0.899. The van der Waals surface area contributed by atoms with E-state index in [2.05, 4.69) is 0 Å². The van der Waals surface area contributed by atoms with Gasteiger partial charge in [-0.1, -0.05) is 60.1 Å². The van der Waals surface area contributed by atoms with Gasteiger partial charge in [-0.25, -0.2) is 0 Å². The monoisotopic (exact) mass is 246 g/mol. The molecule has 3 heteroatoms. The fourth-order valence-electron chi connectivity index (χ4n) is 1.81. The van der Waals surface area contributed by atoms with E-state index in [1.54, 1.807) is 36.4 Å². The van der Waals surface area contributed by atoms with Crippen LogP contribution in [-0.2, 0) is 4.79 Å². The number of carboxylic acids is 1. The van der Waals surface area contributed by atoms with E-state index in [4.69, 9.17) is 11.6 Å². The minimum Gasteiger partial charge on any atom is -0.481 e. The Hall–Kier alpha value is -1.80. The normalized spacial score (nSPS) is 12.1. The number of aliphatic carboxylic acids is 1. The molecule has 0 fully saturated rings. The van der Waals surface area contributed by atoms with E-state index in [1.165, 1.54) is 0 Å². The SMILES string of the molecule is O=C(O)C(c1ccccc1)c1ccccc1Cl. The maximum Gasteiger partial charge on any atom is 0.315 e. The molecule has 0 aliphatic heterocycles. The summed E-state index contributed by atoms with van der Waals surface area (Å²) in [6, 6.07) is 16.1. The van der Waals surface area contributed by atoms with E-state index in [9.17, 15) is 9.90 Å². The fraction of sp³-hybridized carbons (Fsp3) is 0.0714. The molecule has 1 unspecified atom stereocenters. The lowest BCUT2D eigenvalue weighted by Gasteiger charge is -2.14. The van der Waals surface area contributed by atoms with Gasteiger partial charge in [0.15, 0.2) is 0 Å². The van der Waals surface area contributed by atoms with Crippen molar-refractivity contribution in [3.8, 4) is 0 Å². The first kappa shape index (κ1) is 11.7. The van der Waals surface area contributed by atoms with Crippen LogP contribution in [0.15, 0.2) is 54.6 Å². The van der Waals surface area contributed by atoms with Gasteiger partial charge in [0.1, 0.15) is 5.92 Å². The Balaban J connectivity index is 2.51. The van der Waals surface area contributed by atoms with Gasteiger partial charge in [-0.3, -0.25) is 4.79 Å². The fourth-order valence-corrected chi connectivity index (χ4v) is 2.05. The summed E-state index contributed by atoms with van der Waals surface area (Å²) in [7, 11) is 0. The number of halogens is 1. The van der Waals surface area contributed by atoms with Crippen LogP contribution in [0.4, 0.5) is 0 Å². The summed E-state index contributed by atoms with van der Waals surface area (Å²) in [5, 5.41) is 9.82. The lowest BCUT2D eigenvalue weighted by Crippen LogP contribution is -2.13. The summed E-state index contributed by atoms with van der Waals surface area (Å²) in [4.78, 5) is 11.4. The molecule has 86 valence electrons. The first-order valence-electron chi connectivity index (χ1n) is 5.22. The molecule has 0 radical (unpaired) electrons. The van der Waals surface area contributed by atoms with Crippen molar-refractivity contribution in [3.05, 3.63) is 70.7 Å². The molecule has 2 aromatic rings. The van der Waals surface area contributed by atoms with Crippen LogP contribution >= 0.6 is 11.6 Å². The second kappa shape index (κ2) is 5.02. The van der Waals surface area contributed by atoms with Crippen molar-refractivity contribution in [3.63, 3.8) is 0 Å². The smallest absolute Gasteiger partial charge is 0.315 e. The van der Waals surface area contributed by atoms with Gasteiger partial charge in [-0.2, -0.15) is 0 Å². The van der Waals surface area contributed by atoms with Crippen LogP contribution < -0.4 is 0 Å². The van der Waals surface area contributed by atoms with Gasteiger partial charge in [0, 0.05) is 5.02 Å². The van der Waals surface area contributed by atoms with Gasteiger partial charge >= 0.3 is 5.97 Å². The van der Waals surface area contributed by atoms with Crippen LogP contribution in [0.1, 0.15) is 17.0 Å². The second-order valence-corrected chi connectivity index (χ2v) is 4.11. The highest BCUT2D eigenvalue weighted by Gasteiger charge is 2.23. The third-order valence-corrected chi connectivity index (χ3v) is 2.94. The van der Waals surface area contributed by atoms with Crippen LogP contribution in [0.2, 0.25) is 5.02 Å². The largest absolute Gasteiger partial charge is 0.481 e. The highest BCUT2D eigenvalue weighted by molar-refractivity contribution is 6.31. The van der Waals surface area contributed by atoms with Gasteiger partial charge in [0.05, 0.1) is 0 Å². The Morgan fingerprint density at radius 3 is 2.18 bits per heavy atom. The molecule has 0 heterocycles. The zero-order chi connectivity index (χ0) is 12.3. The number of benzene rings is 2. The van der Waals surface area contributed by atoms with Crippen molar-refractivity contribution in [1.82, 2.24) is 0 Å². The van der Waals surface area contributed by atoms with E-state index in [0.717, 1.165) is 5.56 Å². The van der Waals surface area contributed by atoms with Gasteiger partial charge in [0.25, 0.3) is 0 Å². The summed E-state index contributed by atoms with van der Waals surface area (Å²) in [6.07, 6.45) is 0. The summed E-state index contributed by atoms with van der Waals surface area (Å²) >= 11 is 6.05. The number of rotatable bonds is 3. The van der Waals surface area contributed by atoms with Crippen molar-refractivity contribution in [2.75, 3.05) is 0 Å². The molecule has 0 bridgehead atoms. The number of carboxylic acid groups (broad SMARTS) is 1. The van der Waals surface area contributed by atoms with E-state index in [0.29, 0.717) is 10.6 Å². The van der Waals surface area contributed by atoms with Gasteiger partial charge in [0.2, 0.25) is 0 Å². The Morgan fingerprint density at radius 2 is 1.59 bits per heavy atom. The van der Waals surface area contributed by atoms with E-state index in [1.807, 2.05) is 18.2 Å². The number of hydrogen-bond donors (Lipinski definition) is 1. The van der Waals surface area contributed by atoms with Crippen molar-refractivity contribution < 1.29 is 9.90 Å². The maximum absolute atomic E-state index is 11.4. The molecule has 0 saturated heterocycles. The molecule has 2 nitrogen and oxygen atoms in total. The molecule has 0 saturated carbocycles. The van der Waals surface area contributed by atoms with Crippen molar-refractivity contribution >= 4 is 17.6 Å². The number of hydrogen-bond acceptors (Lipinski definition) is 1. The Kier molecular flexibility index (Phi) is 3.45. The topological polar surface area (TPSA) is 37.3 Å². The highest BCUT2D eigenvalue weighted by Crippen LogP contribution is 2.30. The number of carbonyl (C=O) groups is 1. The molecule has 1 N–H and O–H groups in total. The Labute approximate surface area is 104 Å². The van der Waals surface area contributed by atoms with E-state index < -0.39 is 11.9 Å². The predicted octanol–water partition coefficient (Wildman–Crippen LogP) is 3.56. The Bertz CT molecular complexity index is 523. The summed E-state index contributed by atoms with van der Waals surface area (Å²) < 4.78 is 0. The first-order chi connectivity index (χ1) is 8.20. The van der Waals surface area contributed by atoms with Crippen molar-refractivity contribution in [2.24, 2.45) is 0 Å². The van der Waals surface area contributed by atoms with Crippen LogP contribution in [0.3, 0.4) is 0 Å². The lowest BCUT2D eigenvalue weighted by atomic mass is 9.91. The average molecular weight is 247 g/mol. The molecule has 0 spiro atoms. The van der Waals surface area contributed by atoms with Crippen LogP contribution in [0, 0.1) is 0 Å². The van der Waals surface area contributed by atoms with Crippen LogP contribution in [0.25, 0.3) is 0 Å². The zero-order valence-corrected chi connectivity index (χ0v) is 9.76. The maximum atomic E-state index is 11.4. The zero-order valence-electron chi connectivity index (χ0n) is 9.01. The van der Waals surface area contributed by atoms with Crippen LogP contribution in [-0.4, -0.2) is 11.1 Å². The molecule has 0 amide bonds. The molecule has 0 aromatic heterocycles. The van der Waals surface area contributed by atoms with Gasteiger partial charge < -0.3 is 5.11 Å². The molecular formula is C14H11ClO2. The average Bonchev–Trinajstić information content (AvgIpc) is 2.33. The van der Waals surface area contributed by atoms with Gasteiger partial charge in [-0.15, -0.1) is 0 Å². The summed E-state index contributed by atoms with van der Waals surface area (Å²) in [5.41, 5.74) is 1.35. The molecular weight excluding hydrogens is 236 g/mol. The Morgan fingerprint density at radius 1 is 1.00 bits per heavy atom. The lowest BCUT2D eigenvalue weighted by molar-refractivity contribution is -0.137. The van der Waals surface area contributed by atoms with Crippen molar-refractivity contribution in [1.29, 1.82) is 0 Å². The third kappa shape index (κ3) is 2.48. The molecule has 2 rings (SSSR count). The molecule has 17 heavy (non-hydrogen) atoms. The second-order valence-electron chi connectivity index (χ2n) is 3.70. The summed E-state index contributed by atoms with van der Waals surface area (Å²) in [5.74, 6) is -1.62. The molecule has 0 aliphatic carbocycles. The summed E-state index contributed by atoms with van der Waals surface area (Å²) in [6.45, 7) is 0. The first-order valence-corrected chi connectivity index (χ1v) is 5.60.